The van der Waals surface area contributed by atoms with E-state index < -0.39 is 18.0 Å². The van der Waals surface area contributed by atoms with Crippen molar-refractivity contribution < 1.29 is 19.1 Å². The van der Waals surface area contributed by atoms with Crippen molar-refractivity contribution in [1.82, 2.24) is 5.32 Å². The van der Waals surface area contributed by atoms with E-state index in [4.69, 9.17) is 4.74 Å². The van der Waals surface area contributed by atoms with E-state index in [9.17, 15) is 14.4 Å². The van der Waals surface area contributed by atoms with Crippen molar-refractivity contribution in [3.05, 3.63) is 24.3 Å². The van der Waals surface area contributed by atoms with E-state index in [1.165, 1.54) is 14.0 Å². The first kappa shape index (κ1) is 18.5. The van der Waals surface area contributed by atoms with Crippen LogP contribution in [0.4, 0.5) is 16.2 Å². The van der Waals surface area contributed by atoms with Crippen LogP contribution in [0.25, 0.3) is 0 Å². The molecular formula is C16H23N3O4. The summed E-state index contributed by atoms with van der Waals surface area (Å²) in [6.07, 6.45) is 0.720. The highest BCUT2D eigenvalue weighted by molar-refractivity contribution is 5.94. The smallest absolute Gasteiger partial charge is 0.328 e. The number of urea groups is 1. The van der Waals surface area contributed by atoms with Crippen LogP contribution >= 0.6 is 0 Å². The molecule has 0 aliphatic rings. The van der Waals surface area contributed by atoms with Gasteiger partial charge >= 0.3 is 12.0 Å². The van der Waals surface area contributed by atoms with Gasteiger partial charge in [0.05, 0.1) is 7.11 Å². The van der Waals surface area contributed by atoms with Gasteiger partial charge in [0.15, 0.2) is 0 Å². The van der Waals surface area contributed by atoms with Gasteiger partial charge in [-0.3, -0.25) is 4.79 Å². The Hall–Kier alpha value is -2.57. The first-order valence-electron chi connectivity index (χ1n) is 7.40. The van der Waals surface area contributed by atoms with Crippen molar-refractivity contribution in [2.45, 2.75) is 33.2 Å². The van der Waals surface area contributed by atoms with Gasteiger partial charge in [-0.15, -0.1) is 0 Å². The number of anilines is 2. The third-order valence-electron chi connectivity index (χ3n) is 3.40. The fourth-order valence-corrected chi connectivity index (χ4v) is 1.98. The summed E-state index contributed by atoms with van der Waals surface area (Å²) in [6.45, 7) is 5.19. The van der Waals surface area contributed by atoms with E-state index in [0.29, 0.717) is 11.4 Å². The van der Waals surface area contributed by atoms with E-state index in [0.717, 1.165) is 6.42 Å². The van der Waals surface area contributed by atoms with E-state index >= 15 is 0 Å². The fraction of sp³-hybridized carbons (Fsp3) is 0.438. The number of methoxy groups -OCH3 is 1. The molecule has 0 aromatic heterocycles. The van der Waals surface area contributed by atoms with Crippen LogP contribution in [0.1, 0.15) is 27.2 Å². The zero-order valence-corrected chi connectivity index (χ0v) is 13.8. The number of carbonyl (C=O) groups excluding carboxylic acids is 3. The summed E-state index contributed by atoms with van der Waals surface area (Å²) >= 11 is 0. The molecular weight excluding hydrogens is 298 g/mol. The largest absolute Gasteiger partial charge is 0.467 e. The van der Waals surface area contributed by atoms with Crippen molar-refractivity contribution in [2.75, 3.05) is 17.7 Å². The molecule has 3 N–H and O–H groups in total. The normalized spacial score (nSPS) is 12.7. The van der Waals surface area contributed by atoms with Gasteiger partial charge in [-0.1, -0.05) is 26.3 Å². The molecule has 2 unspecified atom stereocenters. The predicted molar refractivity (Wildman–Crippen MR) is 88.2 cm³/mol. The second-order valence-corrected chi connectivity index (χ2v) is 5.25. The van der Waals surface area contributed by atoms with E-state index in [-0.39, 0.29) is 11.8 Å². The van der Waals surface area contributed by atoms with Crippen LogP contribution in [0.5, 0.6) is 0 Å². The summed E-state index contributed by atoms with van der Waals surface area (Å²) < 4.78 is 4.72. The topological polar surface area (TPSA) is 96.5 Å². The van der Waals surface area contributed by atoms with Gasteiger partial charge in [0.2, 0.25) is 5.91 Å². The standard InChI is InChI=1S/C16H23N3O4/c1-5-10(2)14(15(21)23-4)19-16(22)18-13-8-6-7-12(9-13)17-11(3)20/h6-10,14H,5H2,1-4H3,(H,17,20)(H2,18,19,22). The van der Waals surface area contributed by atoms with Gasteiger partial charge in [-0.05, 0) is 24.1 Å². The predicted octanol–water partition coefficient (Wildman–Crippen LogP) is 2.35. The van der Waals surface area contributed by atoms with Crippen molar-refractivity contribution in [1.29, 1.82) is 0 Å². The number of esters is 1. The molecule has 0 saturated heterocycles. The Balaban J connectivity index is 2.74. The Bertz CT molecular complexity index is 574. The Morgan fingerprint density at radius 1 is 1.17 bits per heavy atom. The lowest BCUT2D eigenvalue weighted by atomic mass is 9.99. The summed E-state index contributed by atoms with van der Waals surface area (Å²) in [4.78, 5) is 34.9. The number of ether oxygens (including phenoxy) is 1. The molecule has 0 fully saturated rings. The van der Waals surface area contributed by atoms with E-state index in [2.05, 4.69) is 16.0 Å². The molecule has 0 aliphatic heterocycles. The van der Waals surface area contributed by atoms with Gasteiger partial charge in [0.1, 0.15) is 6.04 Å². The lowest BCUT2D eigenvalue weighted by Crippen LogP contribution is -2.47. The van der Waals surface area contributed by atoms with E-state index in [1.807, 2.05) is 13.8 Å². The Labute approximate surface area is 135 Å². The highest BCUT2D eigenvalue weighted by Gasteiger charge is 2.26. The first-order valence-corrected chi connectivity index (χ1v) is 7.40. The van der Waals surface area contributed by atoms with Gasteiger partial charge < -0.3 is 20.7 Å². The van der Waals surface area contributed by atoms with Crippen LogP contribution in [0.2, 0.25) is 0 Å². The molecule has 0 heterocycles. The molecule has 7 heteroatoms. The minimum atomic E-state index is -0.719. The van der Waals surface area contributed by atoms with Crippen LogP contribution < -0.4 is 16.0 Å². The Morgan fingerprint density at radius 2 is 1.78 bits per heavy atom. The number of amides is 3. The van der Waals surface area contributed by atoms with Crippen LogP contribution in [-0.4, -0.2) is 31.1 Å². The van der Waals surface area contributed by atoms with E-state index in [1.54, 1.807) is 24.3 Å². The van der Waals surface area contributed by atoms with Crippen molar-refractivity contribution in [3.8, 4) is 0 Å². The molecule has 0 bridgehead atoms. The van der Waals surface area contributed by atoms with Crippen molar-refractivity contribution >= 4 is 29.3 Å². The Kier molecular flexibility index (Phi) is 7.05. The average molecular weight is 321 g/mol. The van der Waals surface area contributed by atoms with Crippen LogP contribution in [0.3, 0.4) is 0 Å². The summed E-state index contributed by atoms with van der Waals surface area (Å²) in [7, 11) is 1.29. The second-order valence-electron chi connectivity index (χ2n) is 5.25. The minimum Gasteiger partial charge on any atom is -0.467 e. The molecule has 7 nitrogen and oxygen atoms in total. The quantitative estimate of drug-likeness (QED) is 0.701. The summed E-state index contributed by atoms with van der Waals surface area (Å²) in [5.74, 6) is -0.741. The van der Waals surface area contributed by atoms with Gasteiger partial charge in [-0.2, -0.15) is 0 Å². The van der Waals surface area contributed by atoms with Crippen LogP contribution in [-0.2, 0) is 14.3 Å². The minimum absolute atomic E-state index is 0.0566. The zero-order valence-electron chi connectivity index (χ0n) is 13.8. The maximum absolute atomic E-state index is 12.1. The molecule has 23 heavy (non-hydrogen) atoms. The lowest BCUT2D eigenvalue weighted by Gasteiger charge is -2.22. The molecule has 1 rings (SSSR count). The SMILES string of the molecule is CCC(C)C(NC(=O)Nc1cccc(NC(C)=O)c1)C(=O)OC. The van der Waals surface area contributed by atoms with Gasteiger partial charge in [0.25, 0.3) is 0 Å². The van der Waals surface area contributed by atoms with Gasteiger partial charge in [0, 0.05) is 18.3 Å². The van der Waals surface area contributed by atoms with Crippen LogP contribution in [0.15, 0.2) is 24.3 Å². The molecule has 126 valence electrons. The molecule has 1 aromatic carbocycles. The molecule has 0 radical (unpaired) electrons. The number of carbonyl (C=O) groups is 3. The highest BCUT2D eigenvalue weighted by atomic mass is 16.5. The summed E-state index contributed by atoms with van der Waals surface area (Å²) in [5, 5.41) is 7.88. The maximum Gasteiger partial charge on any atom is 0.328 e. The second kappa shape index (κ2) is 8.77. The molecule has 1 aromatic rings. The molecule has 0 aliphatic carbocycles. The van der Waals surface area contributed by atoms with Crippen LogP contribution in [0, 0.1) is 5.92 Å². The Morgan fingerprint density at radius 3 is 2.30 bits per heavy atom. The molecule has 0 saturated carbocycles. The summed E-state index contributed by atoms with van der Waals surface area (Å²) in [6, 6.07) is 5.48. The fourth-order valence-electron chi connectivity index (χ4n) is 1.98. The number of rotatable bonds is 6. The zero-order chi connectivity index (χ0) is 17.4. The molecule has 2 atom stereocenters. The number of hydrogen-bond acceptors (Lipinski definition) is 4. The molecule has 0 spiro atoms. The van der Waals surface area contributed by atoms with Gasteiger partial charge in [-0.25, -0.2) is 9.59 Å². The number of hydrogen-bond donors (Lipinski definition) is 3. The number of nitrogens with one attached hydrogen (secondary N) is 3. The number of benzene rings is 1. The highest BCUT2D eigenvalue weighted by Crippen LogP contribution is 2.15. The van der Waals surface area contributed by atoms with Crippen molar-refractivity contribution in [2.24, 2.45) is 5.92 Å². The first-order chi connectivity index (χ1) is 10.9. The van der Waals surface area contributed by atoms with Crippen molar-refractivity contribution in [3.63, 3.8) is 0 Å². The molecule has 3 amide bonds. The third kappa shape index (κ3) is 5.98. The monoisotopic (exact) mass is 321 g/mol. The summed E-state index contributed by atoms with van der Waals surface area (Å²) in [5.41, 5.74) is 1.07. The average Bonchev–Trinajstić information content (AvgIpc) is 2.50. The lowest BCUT2D eigenvalue weighted by molar-refractivity contribution is -0.144. The maximum atomic E-state index is 12.1. The third-order valence-corrected chi connectivity index (χ3v) is 3.40.